The molecule has 0 saturated heterocycles. The summed E-state index contributed by atoms with van der Waals surface area (Å²) in [6.07, 6.45) is 6.68. The fourth-order valence-electron chi connectivity index (χ4n) is 1.89. The lowest BCUT2D eigenvalue weighted by atomic mass is 9.84. The minimum absolute atomic E-state index is 0.0598. The Bertz CT molecular complexity index is 347. The van der Waals surface area contributed by atoms with E-state index in [1.54, 1.807) is 12.2 Å². The van der Waals surface area contributed by atoms with Crippen molar-refractivity contribution in [2.24, 2.45) is 11.3 Å². The maximum absolute atomic E-state index is 12.1. The number of hydrogen-bond acceptors (Lipinski definition) is 3. The molecule has 1 aliphatic rings. The number of hydrogen-bond donors (Lipinski definition) is 2. The van der Waals surface area contributed by atoms with Crippen molar-refractivity contribution in [2.75, 3.05) is 0 Å². The molecule has 0 aromatic heterocycles. The van der Waals surface area contributed by atoms with Gasteiger partial charge in [-0.05, 0) is 31.3 Å². The number of carbonyl (C=O) groups excluding carboxylic acids is 1. The van der Waals surface area contributed by atoms with Crippen molar-refractivity contribution in [3.63, 3.8) is 0 Å². The Morgan fingerprint density at radius 3 is 2.35 bits per heavy atom. The Morgan fingerprint density at radius 1 is 1.41 bits per heavy atom. The zero-order chi connectivity index (χ0) is 13.1. The third-order valence-corrected chi connectivity index (χ3v) is 3.44. The highest BCUT2D eigenvalue weighted by Gasteiger charge is 2.52. The van der Waals surface area contributed by atoms with Gasteiger partial charge in [-0.1, -0.05) is 26.8 Å². The molecule has 17 heavy (non-hydrogen) atoms. The third kappa shape index (κ3) is 3.09. The predicted octanol–water partition coefficient (Wildman–Crippen LogP) is 2.03. The van der Waals surface area contributed by atoms with Crippen LogP contribution >= 0.6 is 0 Å². The first-order valence-corrected chi connectivity index (χ1v) is 5.87. The molecule has 0 aliphatic heterocycles. The summed E-state index contributed by atoms with van der Waals surface area (Å²) in [6, 6.07) is 0. The van der Waals surface area contributed by atoms with Crippen LogP contribution in [-0.4, -0.2) is 11.4 Å². The maximum Gasteiger partial charge on any atom is 0.251 e. The van der Waals surface area contributed by atoms with E-state index < -0.39 is 0 Å². The summed E-state index contributed by atoms with van der Waals surface area (Å²) >= 11 is 0. The Hall–Kier alpha value is -1.29. The molecule has 4 nitrogen and oxygen atoms in total. The van der Waals surface area contributed by atoms with Crippen LogP contribution in [0.5, 0.6) is 0 Å². The fourth-order valence-corrected chi connectivity index (χ4v) is 1.89. The van der Waals surface area contributed by atoms with Crippen molar-refractivity contribution in [2.45, 2.75) is 46.1 Å². The summed E-state index contributed by atoms with van der Waals surface area (Å²) in [4.78, 5) is 16.4. The van der Waals surface area contributed by atoms with Gasteiger partial charge in [-0.15, -0.1) is 0 Å². The number of nitrogens with one attached hydrogen (secondary N) is 1. The molecule has 0 heterocycles. The Balaban J connectivity index is 2.70. The second kappa shape index (κ2) is 4.92. The molecular weight excluding hydrogens is 216 g/mol. The quantitative estimate of drug-likeness (QED) is 0.341. The summed E-state index contributed by atoms with van der Waals surface area (Å²) < 4.78 is 0. The van der Waals surface area contributed by atoms with E-state index in [4.69, 9.17) is 5.90 Å². The molecule has 0 spiro atoms. The zero-order valence-electron chi connectivity index (χ0n) is 11.0. The third-order valence-electron chi connectivity index (χ3n) is 3.44. The number of nitrogens with two attached hydrogens (primary N) is 1. The Kier molecular flexibility index (Phi) is 3.98. The summed E-state index contributed by atoms with van der Waals surface area (Å²) in [5.74, 6) is 4.82. The van der Waals surface area contributed by atoms with E-state index in [0.29, 0.717) is 5.57 Å². The lowest BCUT2D eigenvalue weighted by molar-refractivity contribution is -0.119. The first-order valence-electron chi connectivity index (χ1n) is 5.87. The Labute approximate surface area is 103 Å². The van der Waals surface area contributed by atoms with E-state index >= 15 is 0 Å². The normalized spacial score (nSPS) is 19.2. The standard InChI is InChI=1S/C13H22N2O2/c1-5-10(6-9-17-14)11(16)15-13(7-8-13)12(2,3)4/h5-6,9H,7-8,14H2,1-4H3,(H,15,16)/b9-6-,10-5+. The van der Waals surface area contributed by atoms with Gasteiger partial charge in [0.25, 0.3) is 5.91 Å². The van der Waals surface area contributed by atoms with E-state index in [-0.39, 0.29) is 16.9 Å². The van der Waals surface area contributed by atoms with Gasteiger partial charge >= 0.3 is 0 Å². The molecule has 1 rings (SSSR count). The van der Waals surface area contributed by atoms with Gasteiger partial charge in [0.1, 0.15) is 6.26 Å². The minimum Gasteiger partial charge on any atom is -0.419 e. The molecule has 96 valence electrons. The number of rotatable bonds is 4. The molecule has 0 unspecified atom stereocenters. The van der Waals surface area contributed by atoms with Gasteiger partial charge in [0.05, 0.1) is 0 Å². The highest BCUT2D eigenvalue weighted by molar-refractivity contribution is 5.96. The largest absolute Gasteiger partial charge is 0.419 e. The van der Waals surface area contributed by atoms with Gasteiger partial charge in [0.2, 0.25) is 0 Å². The van der Waals surface area contributed by atoms with Gasteiger partial charge in [-0.2, -0.15) is 5.90 Å². The van der Waals surface area contributed by atoms with Crippen LogP contribution in [-0.2, 0) is 9.63 Å². The minimum atomic E-state index is -0.0757. The van der Waals surface area contributed by atoms with E-state index in [2.05, 4.69) is 30.9 Å². The second-order valence-electron chi connectivity index (χ2n) is 5.47. The highest BCUT2D eigenvalue weighted by Crippen LogP contribution is 2.49. The van der Waals surface area contributed by atoms with E-state index in [1.807, 2.05) is 6.92 Å². The zero-order valence-corrected chi connectivity index (χ0v) is 11.0. The molecule has 0 aromatic rings. The molecular formula is C13H22N2O2. The Morgan fingerprint density at radius 2 is 2.00 bits per heavy atom. The average Bonchev–Trinajstić information content (AvgIpc) is 2.99. The van der Waals surface area contributed by atoms with Crippen LogP contribution in [0.4, 0.5) is 0 Å². The maximum atomic E-state index is 12.1. The molecule has 3 N–H and O–H groups in total. The molecule has 0 aromatic carbocycles. The molecule has 1 aliphatic carbocycles. The lowest BCUT2D eigenvalue weighted by Crippen LogP contribution is -2.46. The molecule has 0 radical (unpaired) electrons. The van der Waals surface area contributed by atoms with Crippen LogP contribution < -0.4 is 11.2 Å². The van der Waals surface area contributed by atoms with Crippen LogP contribution in [0.2, 0.25) is 0 Å². The van der Waals surface area contributed by atoms with Crippen molar-refractivity contribution in [3.8, 4) is 0 Å². The first kappa shape index (κ1) is 13.8. The van der Waals surface area contributed by atoms with Gasteiger partial charge in [0, 0.05) is 11.1 Å². The summed E-state index contributed by atoms with van der Waals surface area (Å²) in [5.41, 5.74) is 0.580. The topological polar surface area (TPSA) is 64.3 Å². The van der Waals surface area contributed by atoms with Crippen molar-refractivity contribution >= 4 is 5.91 Å². The van der Waals surface area contributed by atoms with E-state index in [1.165, 1.54) is 6.26 Å². The number of allylic oxidation sites excluding steroid dienone is 1. The lowest BCUT2D eigenvalue weighted by Gasteiger charge is -2.31. The number of amides is 1. The SMILES string of the molecule is C/C=C(\C=C/ON)C(=O)NC1(C(C)(C)C)CC1. The van der Waals surface area contributed by atoms with Gasteiger partial charge in [-0.3, -0.25) is 4.79 Å². The summed E-state index contributed by atoms with van der Waals surface area (Å²) in [7, 11) is 0. The van der Waals surface area contributed by atoms with Crippen LogP contribution in [0, 0.1) is 5.41 Å². The molecule has 1 amide bonds. The van der Waals surface area contributed by atoms with Crippen molar-refractivity contribution < 1.29 is 9.63 Å². The highest BCUT2D eigenvalue weighted by atomic mass is 16.6. The average molecular weight is 238 g/mol. The van der Waals surface area contributed by atoms with Gasteiger partial charge in [0.15, 0.2) is 0 Å². The molecule has 0 atom stereocenters. The molecule has 1 saturated carbocycles. The van der Waals surface area contributed by atoms with Crippen molar-refractivity contribution in [1.82, 2.24) is 5.32 Å². The molecule has 4 heteroatoms. The van der Waals surface area contributed by atoms with Gasteiger partial charge < -0.3 is 10.2 Å². The predicted molar refractivity (Wildman–Crippen MR) is 67.7 cm³/mol. The summed E-state index contributed by atoms with van der Waals surface area (Å²) in [5, 5.41) is 3.11. The van der Waals surface area contributed by atoms with Crippen LogP contribution in [0.3, 0.4) is 0 Å². The van der Waals surface area contributed by atoms with Crippen LogP contribution in [0.25, 0.3) is 0 Å². The smallest absolute Gasteiger partial charge is 0.251 e. The fraction of sp³-hybridized carbons (Fsp3) is 0.615. The van der Waals surface area contributed by atoms with Crippen LogP contribution in [0.1, 0.15) is 40.5 Å². The van der Waals surface area contributed by atoms with Crippen LogP contribution in [0.15, 0.2) is 24.0 Å². The first-order chi connectivity index (χ1) is 7.86. The van der Waals surface area contributed by atoms with Gasteiger partial charge in [-0.25, -0.2) is 0 Å². The summed E-state index contributed by atoms with van der Waals surface area (Å²) in [6.45, 7) is 8.25. The van der Waals surface area contributed by atoms with Crippen molar-refractivity contribution in [1.29, 1.82) is 0 Å². The monoisotopic (exact) mass is 238 g/mol. The molecule has 1 fully saturated rings. The molecule has 0 bridgehead atoms. The van der Waals surface area contributed by atoms with E-state index in [9.17, 15) is 4.79 Å². The number of carbonyl (C=O) groups is 1. The van der Waals surface area contributed by atoms with E-state index in [0.717, 1.165) is 12.8 Å². The second-order valence-corrected chi connectivity index (χ2v) is 5.47. The van der Waals surface area contributed by atoms with Crippen molar-refractivity contribution in [3.05, 3.63) is 24.0 Å².